The summed E-state index contributed by atoms with van der Waals surface area (Å²) in [5.41, 5.74) is 0.00181. The number of carbonyl (C=O) groups is 2. The van der Waals surface area contributed by atoms with Gasteiger partial charge in [0.2, 0.25) is 20.0 Å². The summed E-state index contributed by atoms with van der Waals surface area (Å²) in [5, 5.41) is 6.12. The Kier molecular flexibility index (Phi) is 10.3. The van der Waals surface area contributed by atoms with E-state index < -0.39 is 20.0 Å². The lowest BCUT2D eigenvalue weighted by molar-refractivity contribution is 0.0592. The van der Waals surface area contributed by atoms with Gasteiger partial charge in [-0.05, 0) is 66.5 Å². The quantitative estimate of drug-likeness (QED) is 0.411. The molecule has 2 atom stereocenters. The van der Waals surface area contributed by atoms with E-state index in [0.29, 0.717) is 39.4 Å². The topological polar surface area (TPSA) is 151 Å². The molecule has 0 spiro atoms. The molecule has 2 saturated heterocycles. The maximum atomic E-state index is 13.4. The van der Waals surface area contributed by atoms with Crippen molar-refractivity contribution >= 4 is 31.9 Å². The van der Waals surface area contributed by atoms with E-state index in [4.69, 9.17) is 9.47 Å². The zero-order chi connectivity index (χ0) is 33.2. The van der Waals surface area contributed by atoms with Crippen LogP contribution in [0, 0.1) is 10.8 Å². The van der Waals surface area contributed by atoms with Gasteiger partial charge in [-0.1, -0.05) is 32.9 Å². The number of benzene rings is 2. The van der Waals surface area contributed by atoms with Crippen LogP contribution >= 0.6 is 0 Å². The van der Waals surface area contributed by atoms with Crippen LogP contribution in [0.2, 0.25) is 0 Å². The van der Waals surface area contributed by atoms with Crippen LogP contribution in [0.25, 0.3) is 0 Å². The molecule has 2 aliphatic heterocycles. The summed E-state index contributed by atoms with van der Waals surface area (Å²) in [5.74, 6) is -0.728. The zero-order valence-electron chi connectivity index (χ0n) is 26.7. The zero-order valence-corrected chi connectivity index (χ0v) is 28.3. The second-order valence-corrected chi connectivity index (χ2v) is 17.4. The Morgan fingerprint density at radius 3 is 1.74 bits per heavy atom. The van der Waals surface area contributed by atoms with Crippen molar-refractivity contribution in [3.8, 4) is 0 Å². The van der Waals surface area contributed by atoms with Gasteiger partial charge in [0.25, 0.3) is 11.8 Å². The summed E-state index contributed by atoms with van der Waals surface area (Å²) in [4.78, 5) is 26.8. The number of ether oxygens (including phenoxy) is 2. The third kappa shape index (κ3) is 7.97. The molecule has 252 valence electrons. The Morgan fingerprint density at radius 2 is 1.24 bits per heavy atom. The fourth-order valence-corrected chi connectivity index (χ4v) is 9.91. The molecule has 0 radical (unpaired) electrons. The van der Waals surface area contributed by atoms with Gasteiger partial charge in [0.05, 0.1) is 36.2 Å². The minimum Gasteiger partial charge on any atom is -0.379 e. The molecule has 3 aliphatic rings. The van der Waals surface area contributed by atoms with Gasteiger partial charge < -0.3 is 20.1 Å². The Bertz CT molecular complexity index is 1650. The maximum absolute atomic E-state index is 13.4. The number of hydrogen-bond donors (Lipinski definition) is 2. The molecule has 5 rings (SSSR count). The number of sulfonamides is 2. The van der Waals surface area contributed by atoms with Gasteiger partial charge in [-0.25, -0.2) is 16.8 Å². The molecule has 2 heterocycles. The molecule has 2 amide bonds. The fraction of sp³-hybridized carbons (Fsp3) is 0.562. The highest BCUT2D eigenvalue weighted by Gasteiger charge is 2.42. The lowest BCUT2D eigenvalue weighted by Crippen LogP contribution is -2.50. The van der Waals surface area contributed by atoms with Crippen LogP contribution < -0.4 is 10.6 Å². The monoisotopic (exact) mass is 676 g/mol. The number of rotatable bonds is 9. The van der Waals surface area contributed by atoms with Crippen molar-refractivity contribution in [3.05, 3.63) is 59.7 Å². The number of nitrogens with one attached hydrogen (secondary N) is 2. The van der Waals surface area contributed by atoms with Crippen LogP contribution in [-0.4, -0.2) is 102 Å². The van der Waals surface area contributed by atoms with E-state index in [2.05, 4.69) is 31.4 Å². The Hall–Kier alpha value is -2.88. The van der Waals surface area contributed by atoms with Gasteiger partial charge in [0, 0.05) is 49.9 Å². The molecule has 2 aromatic rings. The van der Waals surface area contributed by atoms with E-state index in [-0.39, 0.29) is 75.8 Å². The third-order valence-electron chi connectivity index (χ3n) is 8.86. The third-order valence-corrected chi connectivity index (χ3v) is 12.7. The minimum absolute atomic E-state index is 0.0663. The number of nitrogens with zero attached hydrogens (tertiary/aromatic N) is 2. The standard InChI is InChI=1S/C32H44N4O8S2/c1-31(2)20-26(34-30(38)25-7-5-9-28(19-25)46(41,42)36-12-16-44-17-13-36)21-32(3,22-31)23-33-29(37)24-6-4-8-27(18-24)45(39,40)35-10-14-43-15-11-35/h4-9,18-19,26H,10-17,20-23H2,1-3H3,(H,33,37)(H,34,38)/t26-,32-/m0/s1. The Labute approximate surface area is 271 Å². The first-order valence-electron chi connectivity index (χ1n) is 15.6. The average molecular weight is 677 g/mol. The van der Waals surface area contributed by atoms with Crippen LogP contribution in [0.4, 0.5) is 0 Å². The molecule has 0 bridgehead atoms. The number of carbonyl (C=O) groups excluding carboxylic acids is 2. The second kappa shape index (κ2) is 13.7. The largest absolute Gasteiger partial charge is 0.379 e. The molecular weight excluding hydrogens is 633 g/mol. The Balaban J connectivity index is 1.24. The maximum Gasteiger partial charge on any atom is 0.251 e. The van der Waals surface area contributed by atoms with Crippen molar-refractivity contribution in [3.63, 3.8) is 0 Å². The van der Waals surface area contributed by atoms with Crippen LogP contribution in [0.3, 0.4) is 0 Å². The summed E-state index contributed by atoms with van der Waals surface area (Å²) in [6.45, 7) is 9.05. The molecule has 1 saturated carbocycles. The molecule has 12 nitrogen and oxygen atoms in total. The van der Waals surface area contributed by atoms with E-state index in [0.717, 1.165) is 12.8 Å². The second-order valence-electron chi connectivity index (χ2n) is 13.5. The van der Waals surface area contributed by atoms with Crippen LogP contribution in [-0.2, 0) is 29.5 Å². The first-order valence-corrected chi connectivity index (χ1v) is 18.5. The minimum atomic E-state index is -3.75. The van der Waals surface area contributed by atoms with Crippen molar-refractivity contribution in [1.82, 2.24) is 19.2 Å². The van der Waals surface area contributed by atoms with Crippen molar-refractivity contribution in [2.24, 2.45) is 10.8 Å². The normalized spacial score (nSPS) is 24.6. The number of morpholine rings is 2. The van der Waals surface area contributed by atoms with E-state index in [9.17, 15) is 26.4 Å². The highest BCUT2D eigenvalue weighted by Crippen LogP contribution is 2.46. The summed E-state index contributed by atoms with van der Waals surface area (Å²) in [6.07, 6.45) is 2.11. The molecule has 0 aromatic heterocycles. The molecule has 2 aromatic carbocycles. The van der Waals surface area contributed by atoms with Crippen molar-refractivity contribution in [2.75, 3.05) is 59.2 Å². The SMILES string of the molecule is CC1(C)C[C@H](NC(=O)c2cccc(S(=O)(=O)N3CCOCC3)c2)C[C@](C)(CNC(=O)c2cccc(S(=O)(=O)N3CCOCC3)c2)C1. The molecular formula is C32H44N4O8S2. The molecule has 14 heteroatoms. The Morgan fingerprint density at radius 1 is 0.761 bits per heavy atom. The van der Waals surface area contributed by atoms with Crippen LogP contribution in [0.1, 0.15) is 60.7 Å². The van der Waals surface area contributed by atoms with E-state index in [1.807, 2.05) is 0 Å². The number of amides is 2. The predicted molar refractivity (Wildman–Crippen MR) is 171 cm³/mol. The van der Waals surface area contributed by atoms with Gasteiger partial charge in [-0.3, -0.25) is 9.59 Å². The summed E-state index contributed by atoms with van der Waals surface area (Å²) in [6, 6.07) is 12.0. The molecule has 3 fully saturated rings. The van der Waals surface area contributed by atoms with E-state index in [1.54, 1.807) is 24.3 Å². The first-order chi connectivity index (χ1) is 21.7. The van der Waals surface area contributed by atoms with Gasteiger partial charge in [-0.2, -0.15) is 8.61 Å². The lowest BCUT2D eigenvalue weighted by Gasteiger charge is -2.47. The summed E-state index contributed by atoms with van der Waals surface area (Å²) >= 11 is 0. The molecule has 0 unspecified atom stereocenters. The van der Waals surface area contributed by atoms with Gasteiger partial charge >= 0.3 is 0 Å². The summed E-state index contributed by atoms with van der Waals surface area (Å²) in [7, 11) is -7.50. The highest BCUT2D eigenvalue weighted by atomic mass is 32.2. The van der Waals surface area contributed by atoms with Crippen molar-refractivity contribution < 1.29 is 35.9 Å². The van der Waals surface area contributed by atoms with Gasteiger partial charge in [-0.15, -0.1) is 0 Å². The average Bonchev–Trinajstić information content (AvgIpc) is 3.03. The molecule has 2 N–H and O–H groups in total. The van der Waals surface area contributed by atoms with Crippen LogP contribution in [0.15, 0.2) is 58.3 Å². The molecule has 1 aliphatic carbocycles. The van der Waals surface area contributed by atoms with Gasteiger partial charge in [0.1, 0.15) is 0 Å². The van der Waals surface area contributed by atoms with Crippen molar-refractivity contribution in [1.29, 1.82) is 0 Å². The lowest BCUT2D eigenvalue weighted by atomic mass is 9.62. The van der Waals surface area contributed by atoms with E-state index >= 15 is 0 Å². The van der Waals surface area contributed by atoms with Gasteiger partial charge in [0.15, 0.2) is 0 Å². The predicted octanol–water partition coefficient (Wildman–Crippen LogP) is 2.47. The van der Waals surface area contributed by atoms with Crippen molar-refractivity contribution in [2.45, 2.75) is 55.9 Å². The number of hydrogen-bond acceptors (Lipinski definition) is 8. The molecule has 46 heavy (non-hydrogen) atoms. The summed E-state index contributed by atoms with van der Waals surface area (Å²) < 4.78 is 65.9. The smallest absolute Gasteiger partial charge is 0.251 e. The first kappa shape index (κ1) is 34.5. The van der Waals surface area contributed by atoms with Crippen LogP contribution in [0.5, 0.6) is 0 Å². The van der Waals surface area contributed by atoms with E-state index in [1.165, 1.54) is 32.9 Å². The highest BCUT2D eigenvalue weighted by molar-refractivity contribution is 7.89. The fourth-order valence-electron chi connectivity index (χ4n) is 7.00.